The van der Waals surface area contributed by atoms with Crippen molar-refractivity contribution in [2.45, 2.75) is 25.2 Å². The highest BCUT2D eigenvalue weighted by Crippen LogP contribution is 2.28. The second-order valence-corrected chi connectivity index (χ2v) is 8.34. The number of rotatable bonds is 10. The Morgan fingerprint density at radius 1 is 1.23 bits per heavy atom. The molecule has 0 amide bonds. The van der Waals surface area contributed by atoms with Gasteiger partial charge in [-0.1, -0.05) is 13.8 Å². The summed E-state index contributed by atoms with van der Waals surface area (Å²) in [6.07, 6.45) is 0.947. The third kappa shape index (κ3) is 6.39. The first kappa shape index (κ1) is 22.6. The van der Waals surface area contributed by atoms with E-state index in [0.717, 1.165) is 19.5 Å². The molecule has 0 heterocycles. The zero-order valence-electron chi connectivity index (χ0n) is 16.2. The summed E-state index contributed by atoms with van der Waals surface area (Å²) in [6.45, 7) is 6.15. The Balaban J connectivity index is 2.92. The van der Waals surface area contributed by atoms with Crippen molar-refractivity contribution in [3.05, 3.63) is 18.2 Å². The van der Waals surface area contributed by atoms with E-state index in [4.69, 9.17) is 17.0 Å². The fourth-order valence-electron chi connectivity index (χ4n) is 2.42. The van der Waals surface area contributed by atoms with E-state index >= 15 is 0 Å². The summed E-state index contributed by atoms with van der Waals surface area (Å²) in [7, 11) is 2.02. The van der Waals surface area contributed by atoms with E-state index in [-0.39, 0.29) is 4.90 Å². The molecule has 26 heavy (non-hydrogen) atoms. The lowest BCUT2D eigenvalue weighted by Gasteiger charge is -2.20. The van der Waals surface area contributed by atoms with Gasteiger partial charge in [-0.3, -0.25) is 0 Å². The Morgan fingerprint density at radius 3 is 2.42 bits per heavy atom. The molecule has 7 nitrogen and oxygen atoms in total. The van der Waals surface area contributed by atoms with E-state index in [2.05, 4.69) is 15.5 Å². The Labute approximate surface area is 162 Å². The molecule has 148 valence electrons. The van der Waals surface area contributed by atoms with Crippen LogP contribution in [0.5, 0.6) is 5.75 Å². The van der Waals surface area contributed by atoms with E-state index in [1.54, 1.807) is 18.2 Å². The van der Waals surface area contributed by atoms with Gasteiger partial charge in [-0.25, -0.2) is 8.42 Å². The van der Waals surface area contributed by atoms with Gasteiger partial charge < -0.3 is 20.3 Å². The molecule has 1 rings (SSSR count). The smallest absolute Gasteiger partial charge is 0.243 e. The first-order chi connectivity index (χ1) is 12.3. The van der Waals surface area contributed by atoms with E-state index in [0.29, 0.717) is 29.6 Å². The standard InChI is InChI=1S/C17H30N4O3S2/c1-6-21(7-2)26(22,23)14-9-10-16(24-5)15(13-14)19-17(25)18-11-8-12-20(3)4/h9-10,13H,6-8,11-12H2,1-5H3,(H2,18,19,25). The molecule has 0 saturated heterocycles. The second kappa shape index (κ2) is 10.7. The van der Waals surface area contributed by atoms with Gasteiger partial charge in [0.15, 0.2) is 5.11 Å². The van der Waals surface area contributed by atoms with Crippen molar-refractivity contribution in [2.75, 3.05) is 52.7 Å². The maximum atomic E-state index is 12.7. The van der Waals surface area contributed by atoms with Gasteiger partial charge in [-0.05, 0) is 57.5 Å². The Hall–Kier alpha value is -1.42. The molecular weight excluding hydrogens is 372 g/mol. The number of sulfonamides is 1. The number of ether oxygens (including phenoxy) is 1. The van der Waals surface area contributed by atoms with Gasteiger partial charge in [0.1, 0.15) is 5.75 Å². The van der Waals surface area contributed by atoms with Crippen LogP contribution in [0, 0.1) is 0 Å². The zero-order valence-corrected chi connectivity index (χ0v) is 17.8. The summed E-state index contributed by atoms with van der Waals surface area (Å²) in [5, 5.41) is 6.59. The van der Waals surface area contributed by atoms with Crippen LogP contribution in [0.25, 0.3) is 0 Å². The molecule has 0 aliphatic rings. The van der Waals surface area contributed by atoms with Crippen LogP contribution in [0.1, 0.15) is 20.3 Å². The molecule has 9 heteroatoms. The van der Waals surface area contributed by atoms with Crippen molar-refractivity contribution in [3.8, 4) is 5.75 Å². The van der Waals surface area contributed by atoms with Crippen LogP contribution in [0.3, 0.4) is 0 Å². The van der Waals surface area contributed by atoms with Crippen molar-refractivity contribution in [1.82, 2.24) is 14.5 Å². The summed E-state index contributed by atoms with van der Waals surface area (Å²) >= 11 is 5.31. The van der Waals surface area contributed by atoms with Crippen molar-refractivity contribution in [2.24, 2.45) is 0 Å². The van der Waals surface area contributed by atoms with Gasteiger partial charge in [0.2, 0.25) is 10.0 Å². The van der Waals surface area contributed by atoms with E-state index in [1.165, 1.54) is 11.4 Å². The molecule has 1 aromatic rings. The summed E-state index contributed by atoms with van der Waals surface area (Å²) in [4.78, 5) is 2.31. The fourth-order valence-corrected chi connectivity index (χ4v) is 4.12. The lowest BCUT2D eigenvalue weighted by Crippen LogP contribution is -2.32. The predicted molar refractivity (Wildman–Crippen MR) is 110 cm³/mol. The molecule has 0 aliphatic heterocycles. The predicted octanol–water partition coefficient (Wildman–Crippen LogP) is 1.96. The molecule has 0 spiro atoms. The van der Waals surface area contributed by atoms with E-state index in [9.17, 15) is 8.42 Å². The lowest BCUT2D eigenvalue weighted by atomic mass is 10.3. The Morgan fingerprint density at radius 2 is 1.88 bits per heavy atom. The van der Waals surface area contributed by atoms with Gasteiger partial charge in [0.25, 0.3) is 0 Å². The number of thiocarbonyl (C=S) groups is 1. The number of hydrogen-bond acceptors (Lipinski definition) is 5. The fraction of sp³-hybridized carbons (Fsp3) is 0.588. The number of anilines is 1. The number of benzene rings is 1. The number of nitrogens with one attached hydrogen (secondary N) is 2. The minimum atomic E-state index is -3.55. The van der Waals surface area contributed by atoms with E-state index < -0.39 is 10.0 Å². The van der Waals surface area contributed by atoms with Gasteiger partial charge in [-0.15, -0.1) is 0 Å². The molecule has 0 radical (unpaired) electrons. The minimum Gasteiger partial charge on any atom is -0.495 e. The monoisotopic (exact) mass is 402 g/mol. The van der Waals surface area contributed by atoms with Crippen LogP contribution in [-0.2, 0) is 10.0 Å². The Bertz CT molecular complexity index is 689. The van der Waals surface area contributed by atoms with Crippen LogP contribution >= 0.6 is 12.2 Å². The van der Waals surface area contributed by atoms with Crippen molar-refractivity contribution in [3.63, 3.8) is 0 Å². The quantitative estimate of drug-likeness (QED) is 0.458. The normalized spacial score (nSPS) is 11.7. The molecule has 0 aromatic heterocycles. The van der Waals surface area contributed by atoms with Crippen molar-refractivity contribution >= 4 is 33.0 Å². The molecule has 0 saturated carbocycles. The minimum absolute atomic E-state index is 0.208. The molecular formula is C17H30N4O3S2. The SMILES string of the molecule is CCN(CC)S(=O)(=O)c1ccc(OC)c(NC(=S)NCCCN(C)C)c1. The number of hydrogen-bond donors (Lipinski definition) is 2. The average Bonchev–Trinajstić information content (AvgIpc) is 2.59. The molecule has 0 atom stereocenters. The van der Waals surface area contributed by atoms with Crippen LogP contribution in [0.15, 0.2) is 23.1 Å². The molecule has 2 N–H and O–H groups in total. The molecule has 1 aromatic carbocycles. The van der Waals surface area contributed by atoms with Crippen LogP contribution in [0.4, 0.5) is 5.69 Å². The molecule has 0 aliphatic carbocycles. The van der Waals surface area contributed by atoms with Gasteiger partial charge in [0, 0.05) is 19.6 Å². The first-order valence-electron chi connectivity index (χ1n) is 8.64. The maximum absolute atomic E-state index is 12.7. The summed E-state index contributed by atoms with van der Waals surface area (Å²) in [6, 6.07) is 4.74. The number of nitrogens with zero attached hydrogens (tertiary/aromatic N) is 2. The summed E-state index contributed by atoms with van der Waals surface area (Å²) < 4.78 is 32.2. The van der Waals surface area contributed by atoms with Crippen molar-refractivity contribution < 1.29 is 13.2 Å². The largest absolute Gasteiger partial charge is 0.495 e. The average molecular weight is 403 g/mol. The second-order valence-electron chi connectivity index (χ2n) is 5.99. The molecule has 0 fully saturated rings. The topological polar surface area (TPSA) is 73.9 Å². The van der Waals surface area contributed by atoms with Gasteiger partial charge in [0.05, 0.1) is 17.7 Å². The van der Waals surface area contributed by atoms with Crippen LogP contribution in [-0.4, -0.2) is 70.1 Å². The van der Waals surface area contributed by atoms with Crippen LogP contribution < -0.4 is 15.4 Å². The van der Waals surface area contributed by atoms with Gasteiger partial charge >= 0.3 is 0 Å². The molecule has 0 bridgehead atoms. The van der Waals surface area contributed by atoms with Gasteiger partial charge in [-0.2, -0.15) is 4.31 Å². The summed E-state index contributed by atoms with van der Waals surface area (Å²) in [5.74, 6) is 0.529. The van der Waals surface area contributed by atoms with E-state index in [1.807, 2.05) is 27.9 Å². The highest BCUT2D eigenvalue weighted by Gasteiger charge is 2.23. The maximum Gasteiger partial charge on any atom is 0.243 e. The Kier molecular flexibility index (Phi) is 9.28. The first-order valence-corrected chi connectivity index (χ1v) is 10.5. The third-order valence-electron chi connectivity index (χ3n) is 3.83. The zero-order chi connectivity index (χ0) is 19.7. The lowest BCUT2D eigenvalue weighted by molar-refractivity contribution is 0.400. The van der Waals surface area contributed by atoms with Crippen LogP contribution in [0.2, 0.25) is 0 Å². The third-order valence-corrected chi connectivity index (χ3v) is 6.12. The highest BCUT2D eigenvalue weighted by atomic mass is 32.2. The van der Waals surface area contributed by atoms with Crippen molar-refractivity contribution in [1.29, 1.82) is 0 Å². The number of methoxy groups -OCH3 is 1. The highest BCUT2D eigenvalue weighted by molar-refractivity contribution is 7.89. The molecule has 0 unspecified atom stereocenters. The summed E-state index contributed by atoms with van der Waals surface area (Å²) in [5.41, 5.74) is 0.519.